The van der Waals surface area contributed by atoms with Gasteiger partial charge in [-0.15, -0.1) is 0 Å². The van der Waals surface area contributed by atoms with Gasteiger partial charge in [-0.2, -0.15) is 0 Å². The first kappa shape index (κ1) is 31.8. The van der Waals surface area contributed by atoms with Gasteiger partial charge in [0.2, 0.25) is 5.78 Å². The maximum atomic E-state index is 15.2. The van der Waals surface area contributed by atoms with Crippen LogP contribution >= 0.6 is 0 Å². The van der Waals surface area contributed by atoms with Crippen molar-refractivity contribution >= 4 is 17.5 Å². The van der Waals surface area contributed by atoms with Crippen molar-refractivity contribution in [1.82, 2.24) is 0 Å². The van der Waals surface area contributed by atoms with Crippen molar-refractivity contribution in [2.24, 2.45) is 11.8 Å². The summed E-state index contributed by atoms with van der Waals surface area (Å²) in [6, 6.07) is 0. The van der Waals surface area contributed by atoms with Crippen molar-refractivity contribution in [2.75, 3.05) is 14.2 Å². The maximum absolute atomic E-state index is 15.2. The first-order valence-corrected chi connectivity index (χ1v) is 15.6. The van der Waals surface area contributed by atoms with Crippen molar-refractivity contribution in [2.45, 2.75) is 115 Å². The Hall–Kier alpha value is -3.21. The molecule has 0 aromatic heterocycles. The Morgan fingerprint density at radius 3 is 2.31 bits per heavy atom. The normalized spacial score (nSPS) is 36.5. The highest BCUT2D eigenvalue weighted by Gasteiger charge is 2.90. The lowest BCUT2D eigenvalue weighted by Gasteiger charge is -2.65. The van der Waals surface area contributed by atoms with Crippen LogP contribution in [0.15, 0.2) is 23.3 Å². The van der Waals surface area contributed by atoms with Crippen LogP contribution in [-0.4, -0.2) is 76.6 Å². The molecule has 1 spiro atoms. The van der Waals surface area contributed by atoms with Crippen molar-refractivity contribution in [3.05, 3.63) is 40.0 Å². The molecule has 1 aromatic carbocycles. The number of hydrogen-bond acceptors (Lipinski definition) is 9. The van der Waals surface area contributed by atoms with Crippen LogP contribution in [0.5, 0.6) is 17.2 Å². The second-order valence-electron chi connectivity index (χ2n) is 14.7. The number of Topliss-reactive ketones (excluding diaryl/α,β-unsaturated/α-hetero) is 2. The highest BCUT2D eigenvalue weighted by Crippen LogP contribution is 2.72. The molecule has 3 aliphatic carbocycles. The number of phenols is 1. The molecule has 4 fully saturated rings. The Morgan fingerprint density at radius 1 is 1.07 bits per heavy atom. The fourth-order valence-electron chi connectivity index (χ4n) is 8.95. The lowest BCUT2D eigenvalue weighted by Crippen LogP contribution is -2.86. The number of methoxy groups -OCH3 is 2. The van der Waals surface area contributed by atoms with Gasteiger partial charge in [0.15, 0.2) is 22.6 Å². The number of carbonyl (C=O) groups excluding carboxylic acids is 2. The molecule has 1 unspecified atom stereocenters. The summed E-state index contributed by atoms with van der Waals surface area (Å²) in [5.41, 5.74) is -4.33. The average Bonchev–Trinajstić information content (AvgIpc) is 3.28. The van der Waals surface area contributed by atoms with Gasteiger partial charge in [0.25, 0.3) is 0 Å². The quantitative estimate of drug-likeness (QED) is 0.320. The van der Waals surface area contributed by atoms with E-state index in [4.69, 9.17) is 23.7 Å². The zero-order chi connectivity index (χ0) is 33.2. The number of hydrogen-bond donors (Lipinski definition) is 2. The molecule has 45 heavy (non-hydrogen) atoms. The van der Waals surface area contributed by atoms with Gasteiger partial charge in [-0.3, -0.25) is 9.59 Å². The third-order valence-corrected chi connectivity index (χ3v) is 11.5. The molecule has 7 atom stereocenters. The van der Waals surface area contributed by atoms with E-state index in [0.29, 0.717) is 23.3 Å². The second kappa shape index (κ2) is 9.65. The third-order valence-electron chi connectivity index (χ3n) is 11.5. The SMILES string of the molecule is CO[C@H]1[C@@H]2C(=O)c3c(O)c(CC=C(C)C)c4c(c3O[C@]23C2C[C@@]1(OC)C(=O)[C@@]3(C/C=C(/C)C(=O)O)OC2(C)C)C(C)(C)[C@H](C)O4. The van der Waals surface area contributed by atoms with Crippen LogP contribution in [-0.2, 0) is 35.6 Å². The van der Waals surface area contributed by atoms with E-state index in [-0.39, 0.29) is 41.6 Å². The Labute approximate surface area is 263 Å². The van der Waals surface area contributed by atoms with E-state index >= 15 is 4.79 Å². The van der Waals surface area contributed by atoms with Gasteiger partial charge in [-0.05, 0) is 54.4 Å². The molecule has 3 aliphatic heterocycles. The predicted octanol–water partition coefficient (Wildman–Crippen LogP) is 4.86. The summed E-state index contributed by atoms with van der Waals surface area (Å²) in [6.07, 6.45) is 2.40. The highest BCUT2D eigenvalue weighted by atomic mass is 16.6. The summed E-state index contributed by atoms with van der Waals surface area (Å²) in [7, 11) is 2.86. The molecule has 2 N–H and O–H groups in total. The lowest BCUT2D eigenvalue weighted by atomic mass is 9.44. The Balaban J connectivity index is 1.72. The molecule has 0 radical (unpaired) electrons. The van der Waals surface area contributed by atoms with E-state index in [9.17, 15) is 19.8 Å². The summed E-state index contributed by atoms with van der Waals surface area (Å²) in [6.45, 7) is 15.0. The number of carboxylic acids is 1. The number of rotatable bonds is 7. The summed E-state index contributed by atoms with van der Waals surface area (Å²) < 4.78 is 32.5. The Bertz CT molecular complexity index is 1600. The monoisotopic (exact) mass is 624 g/mol. The van der Waals surface area contributed by atoms with E-state index < -0.39 is 63.3 Å². The molecule has 0 amide bonds. The minimum atomic E-state index is -1.79. The number of ketones is 2. The number of aliphatic carboxylic acids is 1. The van der Waals surface area contributed by atoms with Crippen LogP contribution < -0.4 is 9.47 Å². The van der Waals surface area contributed by atoms with E-state index in [0.717, 1.165) is 5.57 Å². The second-order valence-corrected chi connectivity index (χ2v) is 14.7. The number of benzene rings is 1. The van der Waals surface area contributed by atoms with E-state index in [1.54, 1.807) is 0 Å². The topological polar surface area (TPSA) is 138 Å². The Morgan fingerprint density at radius 2 is 1.73 bits per heavy atom. The number of carbonyl (C=O) groups is 3. The van der Waals surface area contributed by atoms with E-state index in [1.807, 2.05) is 54.5 Å². The minimum Gasteiger partial charge on any atom is -0.507 e. The molecule has 10 heteroatoms. The maximum Gasteiger partial charge on any atom is 0.330 e. The number of carboxylic acid groups (broad SMARTS) is 1. The van der Waals surface area contributed by atoms with Gasteiger partial charge < -0.3 is 33.9 Å². The van der Waals surface area contributed by atoms with Gasteiger partial charge in [0, 0.05) is 48.7 Å². The van der Waals surface area contributed by atoms with Crippen LogP contribution in [0.4, 0.5) is 0 Å². The molecular weight excluding hydrogens is 580 g/mol. The zero-order valence-corrected chi connectivity index (χ0v) is 27.7. The van der Waals surface area contributed by atoms with Crippen LogP contribution in [0.25, 0.3) is 0 Å². The van der Waals surface area contributed by atoms with Gasteiger partial charge in [-0.25, -0.2) is 4.79 Å². The minimum absolute atomic E-state index is 0.0273. The largest absolute Gasteiger partial charge is 0.507 e. The van der Waals surface area contributed by atoms with Crippen molar-refractivity contribution in [1.29, 1.82) is 0 Å². The summed E-state index contributed by atoms with van der Waals surface area (Å²) in [4.78, 5) is 42.0. The number of fused-ring (bicyclic) bond motifs is 3. The van der Waals surface area contributed by atoms with Gasteiger partial charge in [0.1, 0.15) is 35.0 Å². The fourth-order valence-corrected chi connectivity index (χ4v) is 8.95. The molecule has 244 valence electrons. The Kier molecular flexibility index (Phi) is 6.81. The molecule has 10 nitrogen and oxygen atoms in total. The average molecular weight is 625 g/mol. The number of ether oxygens (including phenoxy) is 5. The predicted molar refractivity (Wildman–Crippen MR) is 163 cm³/mol. The molecule has 1 aromatic rings. The lowest BCUT2D eigenvalue weighted by molar-refractivity contribution is -0.267. The van der Waals surface area contributed by atoms with Crippen molar-refractivity contribution in [3.63, 3.8) is 0 Å². The van der Waals surface area contributed by atoms with Gasteiger partial charge in [0.05, 0.1) is 11.5 Å². The van der Waals surface area contributed by atoms with Crippen LogP contribution in [0, 0.1) is 11.8 Å². The van der Waals surface area contributed by atoms with Crippen molar-refractivity contribution < 1.29 is 48.3 Å². The summed E-state index contributed by atoms with van der Waals surface area (Å²) in [5.74, 6) is -3.23. The summed E-state index contributed by atoms with van der Waals surface area (Å²) >= 11 is 0. The standard InChI is InChI=1S/C35H44O10/c1-16(2)11-12-19-24(36)21-25(37)22-28(41-9)33(42-10)15-20-32(7,8)45-34(30(33)40,14-13-17(3)29(38)39)35(20,22)44-27(21)23-26(19)43-18(4)31(23,5)6/h11,13,18,20,22,28,36H,12,14-15H2,1-10H3,(H,38,39)/b17-13-/t18-,20?,22-,28-,33-,34+,35+/m0/s1. The first-order valence-electron chi connectivity index (χ1n) is 15.6. The summed E-state index contributed by atoms with van der Waals surface area (Å²) in [5, 5.41) is 21.6. The molecule has 3 saturated carbocycles. The smallest absolute Gasteiger partial charge is 0.330 e. The molecule has 6 aliphatic rings. The third kappa shape index (κ3) is 3.64. The zero-order valence-electron chi connectivity index (χ0n) is 27.7. The van der Waals surface area contributed by atoms with Gasteiger partial charge in [-0.1, -0.05) is 31.6 Å². The molecular formula is C35H44O10. The number of allylic oxidation sites excluding steroid dienone is 2. The van der Waals surface area contributed by atoms with Gasteiger partial charge >= 0.3 is 5.97 Å². The van der Waals surface area contributed by atoms with E-state index in [2.05, 4.69) is 0 Å². The molecule has 1 saturated heterocycles. The fraction of sp³-hybridized carbons (Fsp3) is 0.629. The number of aromatic hydroxyl groups is 1. The number of phenolic OH excluding ortho intramolecular Hbond substituents is 1. The molecule has 7 rings (SSSR count). The van der Waals surface area contributed by atoms with Crippen LogP contribution in [0.2, 0.25) is 0 Å². The van der Waals surface area contributed by atoms with Crippen molar-refractivity contribution in [3.8, 4) is 17.2 Å². The molecule has 3 heterocycles. The van der Waals surface area contributed by atoms with Crippen LogP contribution in [0.3, 0.4) is 0 Å². The first-order chi connectivity index (χ1) is 20.9. The highest BCUT2D eigenvalue weighted by molar-refractivity contribution is 6.11. The molecule has 4 bridgehead atoms. The van der Waals surface area contributed by atoms with Crippen LogP contribution in [0.1, 0.15) is 89.7 Å². The van der Waals surface area contributed by atoms with E-state index in [1.165, 1.54) is 27.2 Å².